The number of Topliss-reactive ketones (excluding diaryl/α,β-unsaturated/α-hetero) is 1. The van der Waals surface area contributed by atoms with E-state index in [1.54, 1.807) is 14.0 Å². The van der Waals surface area contributed by atoms with Gasteiger partial charge in [-0.3, -0.25) is 4.57 Å². The zero-order chi connectivity index (χ0) is 27.7. The number of fused-ring (bicyclic) bond motifs is 1. The summed E-state index contributed by atoms with van der Waals surface area (Å²) in [7, 11) is 1.69. The highest BCUT2D eigenvalue weighted by Crippen LogP contribution is 2.36. The van der Waals surface area contributed by atoms with Gasteiger partial charge in [-0.1, -0.05) is 6.92 Å². The van der Waals surface area contributed by atoms with Crippen molar-refractivity contribution in [3.8, 4) is 11.4 Å². The van der Waals surface area contributed by atoms with Crippen molar-refractivity contribution in [3.05, 3.63) is 12.4 Å². The van der Waals surface area contributed by atoms with Crippen LogP contribution in [0, 0.1) is 11.8 Å². The van der Waals surface area contributed by atoms with Crippen LogP contribution in [0.5, 0.6) is 0 Å². The highest BCUT2D eigenvalue weighted by Gasteiger charge is 2.36. The predicted octanol–water partition coefficient (Wildman–Crippen LogP) is 3.17. The number of carbonyl (C=O) groups is 1. The Kier molecular flexibility index (Phi) is 7.56. The number of ketones is 1. The van der Waals surface area contributed by atoms with E-state index in [2.05, 4.69) is 20.3 Å². The van der Waals surface area contributed by atoms with Gasteiger partial charge in [-0.15, -0.1) is 0 Å². The van der Waals surface area contributed by atoms with E-state index in [-0.39, 0.29) is 35.0 Å². The second-order valence-electron chi connectivity index (χ2n) is 10.2. The normalized spacial score (nSPS) is 20.5. The molecular formula is C25H32F3N9O2. The van der Waals surface area contributed by atoms with E-state index in [9.17, 15) is 18.0 Å². The van der Waals surface area contributed by atoms with Crippen molar-refractivity contribution in [1.29, 1.82) is 0 Å². The molecular weight excluding hydrogens is 515 g/mol. The number of anilines is 3. The van der Waals surface area contributed by atoms with Gasteiger partial charge in [0.2, 0.25) is 11.9 Å². The van der Waals surface area contributed by atoms with Crippen molar-refractivity contribution in [2.24, 2.45) is 11.8 Å². The van der Waals surface area contributed by atoms with Crippen LogP contribution >= 0.6 is 0 Å². The van der Waals surface area contributed by atoms with Crippen molar-refractivity contribution in [3.63, 3.8) is 0 Å². The highest BCUT2D eigenvalue weighted by molar-refractivity contribution is 5.88. The Balaban J connectivity index is 1.64. The Morgan fingerprint density at radius 3 is 2.44 bits per heavy atom. The first-order valence-corrected chi connectivity index (χ1v) is 13.0. The molecule has 14 heteroatoms. The lowest BCUT2D eigenvalue weighted by Crippen LogP contribution is -2.41. The average Bonchev–Trinajstić information content (AvgIpc) is 3.26. The molecule has 2 unspecified atom stereocenters. The summed E-state index contributed by atoms with van der Waals surface area (Å²) in [6.07, 6.45) is -0.259. The average molecular weight is 548 g/mol. The lowest BCUT2D eigenvalue weighted by Gasteiger charge is -2.37. The van der Waals surface area contributed by atoms with Crippen molar-refractivity contribution >= 4 is 34.7 Å². The van der Waals surface area contributed by atoms with Crippen LogP contribution in [0.2, 0.25) is 0 Å². The van der Waals surface area contributed by atoms with Gasteiger partial charge in [0, 0.05) is 52.0 Å². The van der Waals surface area contributed by atoms with Gasteiger partial charge in [0.1, 0.15) is 12.3 Å². The third kappa shape index (κ3) is 5.89. The molecule has 0 saturated carbocycles. The van der Waals surface area contributed by atoms with Gasteiger partial charge in [-0.2, -0.15) is 13.2 Å². The minimum atomic E-state index is -4.50. The molecule has 0 radical (unpaired) electrons. The van der Waals surface area contributed by atoms with Crippen molar-refractivity contribution < 1.29 is 22.7 Å². The van der Waals surface area contributed by atoms with E-state index >= 15 is 0 Å². The van der Waals surface area contributed by atoms with Crippen LogP contribution < -0.4 is 15.1 Å². The monoisotopic (exact) mass is 547 g/mol. The maximum atomic E-state index is 13.9. The Labute approximate surface area is 223 Å². The molecule has 0 aliphatic carbocycles. The predicted molar refractivity (Wildman–Crippen MR) is 140 cm³/mol. The van der Waals surface area contributed by atoms with E-state index in [4.69, 9.17) is 14.7 Å². The van der Waals surface area contributed by atoms with Crippen molar-refractivity contribution in [2.75, 3.05) is 61.6 Å². The first-order valence-electron chi connectivity index (χ1n) is 13.0. The number of nitrogens with zero attached hydrogens (tertiary/aromatic N) is 8. The Hall–Kier alpha value is -3.55. The number of alkyl halides is 3. The number of halogens is 3. The van der Waals surface area contributed by atoms with Crippen LogP contribution in [0.15, 0.2) is 12.4 Å². The first-order chi connectivity index (χ1) is 18.6. The molecule has 0 aromatic carbocycles. The maximum Gasteiger partial charge on any atom is 0.406 e. The van der Waals surface area contributed by atoms with Gasteiger partial charge in [0.25, 0.3) is 0 Å². The van der Waals surface area contributed by atoms with E-state index in [1.807, 2.05) is 16.7 Å². The standard InChI is InChI=1S/C25H32F3N9O2/c1-15-13-36(5-4-17(15)10-16(2)38)24-32-19-21(35-6-8-39-9-7-35)33-20(18-11-30-23(29-3)31-12-18)34-22(19)37(24)14-25(26,27)28/h11-12,15,17H,4-10,13-14H2,1-3H3,(H,29,30,31). The smallest absolute Gasteiger partial charge is 0.378 e. The Morgan fingerprint density at radius 2 is 1.82 bits per heavy atom. The molecule has 39 heavy (non-hydrogen) atoms. The van der Waals surface area contributed by atoms with Gasteiger partial charge in [0.05, 0.1) is 18.8 Å². The summed E-state index contributed by atoms with van der Waals surface area (Å²) < 4.78 is 48.4. The molecule has 2 aliphatic rings. The summed E-state index contributed by atoms with van der Waals surface area (Å²) in [5.41, 5.74) is 0.890. The van der Waals surface area contributed by atoms with Gasteiger partial charge < -0.3 is 24.6 Å². The molecule has 2 fully saturated rings. The number of hydrogen-bond acceptors (Lipinski definition) is 10. The number of morpholine rings is 1. The first kappa shape index (κ1) is 27.0. The second kappa shape index (κ2) is 10.9. The van der Waals surface area contributed by atoms with Crippen LogP contribution in [0.1, 0.15) is 26.7 Å². The number of ether oxygens (including phenoxy) is 1. The topological polar surface area (TPSA) is 114 Å². The zero-order valence-electron chi connectivity index (χ0n) is 22.2. The molecule has 2 atom stereocenters. The van der Waals surface area contributed by atoms with Gasteiger partial charge in [-0.05, 0) is 25.2 Å². The maximum absolute atomic E-state index is 13.9. The van der Waals surface area contributed by atoms with E-state index < -0.39 is 12.7 Å². The van der Waals surface area contributed by atoms with E-state index in [0.717, 1.165) is 4.57 Å². The number of piperidine rings is 1. The lowest BCUT2D eigenvalue weighted by molar-refractivity contribution is -0.139. The summed E-state index contributed by atoms with van der Waals surface area (Å²) in [6, 6.07) is 0. The summed E-state index contributed by atoms with van der Waals surface area (Å²) in [5.74, 6) is 1.71. The van der Waals surface area contributed by atoms with Gasteiger partial charge in [0.15, 0.2) is 22.8 Å². The molecule has 210 valence electrons. The van der Waals surface area contributed by atoms with Gasteiger partial charge >= 0.3 is 6.18 Å². The van der Waals surface area contributed by atoms with Crippen LogP contribution in [-0.2, 0) is 16.1 Å². The third-order valence-corrected chi connectivity index (χ3v) is 7.25. The van der Waals surface area contributed by atoms with Crippen LogP contribution in [0.25, 0.3) is 22.6 Å². The summed E-state index contributed by atoms with van der Waals surface area (Å²) in [5, 5.41) is 2.84. The molecule has 2 aliphatic heterocycles. The fourth-order valence-corrected chi connectivity index (χ4v) is 5.29. The fraction of sp³-hybridized carbons (Fsp3) is 0.600. The molecule has 11 nitrogen and oxygen atoms in total. The fourth-order valence-electron chi connectivity index (χ4n) is 5.29. The molecule has 5 heterocycles. The zero-order valence-corrected chi connectivity index (χ0v) is 22.2. The number of hydrogen-bond donors (Lipinski definition) is 1. The van der Waals surface area contributed by atoms with Crippen molar-refractivity contribution in [1.82, 2.24) is 29.5 Å². The van der Waals surface area contributed by atoms with E-state index in [0.29, 0.717) is 75.1 Å². The molecule has 3 aromatic heterocycles. The number of nitrogens with one attached hydrogen (secondary N) is 1. The molecule has 0 spiro atoms. The molecule has 5 rings (SSSR count). The molecule has 0 bridgehead atoms. The number of aromatic nitrogens is 6. The molecule has 3 aromatic rings. The van der Waals surface area contributed by atoms with E-state index in [1.165, 1.54) is 12.4 Å². The molecule has 0 amide bonds. The molecule has 1 N–H and O–H groups in total. The SMILES string of the molecule is CNc1ncc(-c2nc(N3CCOCC3)c3nc(N4CCC(CC(C)=O)C(C)C4)n(CC(F)(F)F)c3n2)cn1. The van der Waals surface area contributed by atoms with Crippen LogP contribution in [0.4, 0.5) is 30.9 Å². The summed E-state index contributed by atoms with van der Waals surface area (Å²) in [4.78, 5) is 38.1. The third-order valence-electron chi connectivity index (χ3n) is 7.25. The van der Waals surface area contributed by atoms with Gasteiger partial charge in [-0.25, -0.2) is 24.9 Å². The quantitative estimate of drug-likeness (QED) is 0.473. The van der Waals surface area contributed by atoms with Crippen LogP contribution in [0.3, 0.4) is 0 Å². The number of imidazole rings is 1. The Bertz CT molecular complexity index is 1320. The second-order valence-corrected chi connectivity index (χ2v) is 10.2. The summed E-state index contributed by atoms with van der Waals surface area (Å²) >= 11 is 0. The minimum absolute atomic E-state index is 0.102. The van der Waals surface area contributed by atoms with Crippen LogP contribution in [-0.4, -0.2) is 87.9 Å². The number of carbonyl (C=O) groups excluding carboxylic acids is 1. The Morgan fingerprint density at radius 1 is 1.10 bits per heavy atom. The number of rotatable bonds is 7. The molecule has 2 saturated heterocycles. The highest BCUT2D eigenvalue weighted by atomic mass is 19.4. The minimum Gasteiger partial charge on any atom is -0.378 e. The largest absolute Gasteiger partial charge is 0.406 e. The lowest BCUT2D eigenvalue weighted by atomic mass is 9.83. The van der Waals surface area contributed by atoms with Crippen molar-refractivity contribution in [2.45, 2.75) is 39.4 Å². The summed E-state index contributed by atoms with van der Waals surface area (Å²) in [6.45, 7) is 5.34.